The molecule has 0 atom stereocenters. The maximum atomic E-state index is 13.8. The molecular formula is C20H21ClF6N2O2. The van der Waals surface area contributed by atoms with Crippen LogP contribution in [-0.4, -0.2) is 28.5 Å². The van der Waals surface area contributed by atoms with Crippen LogP contribution in [0.2, 0.25) is 5.02 Å². The van der Waals surface area contributed by atoms with Crippen molar-refractivity contribution in [2.45, 2.75) is 53.0 Å². The molecular weight excluding hydrogens is 450 g/mol. The van der Waals surface area contributed by atoms with Gasteiger partial charge in [0.25, 0.3) is 0 Å². The maximum Gasteiger partial charge on any atom is 0.417 e. The first-order valence-corrected chi connectivity index (χ1v) is 9.72. The smallest absolute Gasteiger partial charge is 0.417 e. The van der Waals surface area contributed by atoms with Gasteiger partial charge in [-0.3, -0.25) is 4.68 Å². The summed E-state index contributed by atoms with van der Waals surface area (Å²) in [5.74, 6) is -0.891. The van der Waals surface area contributed by atoms with Gasteiger partial charge in [0.15, 0.2) is 5.69 Å². The predicted octanol–water partition coefficient (Wildman–Crippen LogP) is 6.55. The monoisotopic (exact) mass is 470 g/mol. The van der Waals surface area contributed by atoms with E-state index in [0.717, 1.165) is 24.6 Å². The number of esters is 1. The van der Waals surface area contributed by atoms with E-state index in [-0.39, 0.29) is 35.1 Å². The van der Waals surface area contributed by atoms with Crippen molar-refractivity contribution in [2.75, 3.05) is 6.61 Å². The number of hydrogen-bond donors (Lipinski definition) is 0. The summed E-state index contributed by atoms with van der Waals surface area (Å²) >= 11 is 6.20. The van der Waals surface area contributed by atoms with Gasteiger partial charge in [0, 0.05) is 12.1 Å². The molecule has 4 nitrogen and oxygen atoms in total. The SMILES string of the molecule is CCOC(=O)c1nn(CC)c(-c2ccc(CC(C)(C)C(F)(F)F)cc2C(F)(F)F)c1Cl. The zero-order valence-corrected chi connectivity index (χ0v) is 18.0. The van der Waals surface area contributed by atoms with Crippen LogP contribution < -0.4 is 0 Å². The van der Waals surface area contributed by atoms with Gasteiger partial charge in [-0.1, -0.05) is 37.6 Å². The summed E-state index contributed by atoms with van der Waals surface area (Å²) in [6, 6.07) is 2.91. The quantitative estimate of drug-likeness (QED) is 0.355. The summed E-state index contributed by atoms with van der Waals surface area (Å²) in [7, 11) is 0. The van der Waals surface area contributed by atoms with Crippen molar-refractivity contribution >= 4 is 17.6 Å². The molecule has 0 fully saturated rings. The van der Waals surface area contributed by atoms with Crippen LogP contribution >= 0.6 is 11.6 Å². The first-order chi connectivity index (χ1) is 14.1. The Morgan fingerprint density at radius 3 is 2.23 bits per heavy atom. The Labute approximate surface area is 180 Å². The fourth-order valence-corrected chi connectivity index (χ4v) is 3.32. The number of carbonyl (C=O) groups is 1. The number of hydrogen-bond acceptors (Lipinski definition) is 3. The molecule has 0 amide bonds. The Hall–Kier alpha value is -2.23. The normalized spacial score (nSPS) is 12.9. The molecule has 0 aliphatic rings. The molecule has 11 heteroatoms. The van der Waals surface area contributed by atoms with Crippen molar-refractivity contribution in [3.63, 3.8) is 0 Å². The van der Waals surface area contributed by atoms with Gasteiger partial charge in [-0.25, -0.2) is 4.79 Å². The van der Waals surface area contributed by atoms with E-state index in [1.54, 1.807) is 13.8 Å². The van der Waals surface area contributed by atoms with Gasteiger partial charge in [-0.2, -0.15) is 31.4 Å². The van der Waals surface area contributed by atoms with Gasteiger partial charge in [-0.15, -0.1) is 0 Å². The summed E-state index contributed by atoms with van der Waals surface area (Å²) < 4.78 is 87.1. The van der Waals surface area contributed by atoms with Crippen LogP contribution in [0.5, 0.6) is 0 Å². The molecule has 0 aliphatic carbocycles. The summed E-state index contributed by atoms with van der Waals surface area (Å²) in [5, 5.41) is 3.63. The summed E-state index contributed by atoms with van der Waals surface area (Å²) in [4.78, 5) is 12.1. The third-order valence-electron chi connectivity index (χ3n) is 4.72. The number of aromatic nitrogens is 2. The fourth-order valence-electron chi connectivity index (χ4n) is 3.01. The minimum Gasteiger partial charge on any atom is -0.461 e. The predicted molar refractivity (Wildman–Crippen MR) is 103 cm³/mol. The average molecular weight is 471 g/mol. The second kappa shape index (κ2) is 8.72. The first kappa shape index (κ1) is 25.0. The lowest BCUT2D eigenvalue weighted by molar-refractivity contribution is -0.211. The van der Waals surface area contributed by atoms with Crippen molar-refractivity contribution in [1.29, 1.82) is 0 Å². The topological polar surface area (TPSA) is 44.1 Å². The molecule has 1 aromatic heterocycles. The molecule has 0 N–H and O–H groups in total. The average Bonchev–Trinajstić information content (AvgIpc) is 2.96. The van der Waals surface area contributed by atoms with E-state index >= 15 is 0 Å². The van der Waals surface area contributed by atoms with Gasteiger partial charge < -0.3 is 4.74 Å². The maximum absolute atomic E-state index is 13.8. The largest absolute Gasteiger partial charge is 0.461 e. The molecule has 0 bridgehead atoms. The van der Waals surface area contributed by atoms with Crippen LogP contribution in [0.15, 0.2) is 18.2 Å². The zero-order chi connectivity index (χ0) is 23.8. The highest BCUT2D eigenvalue weighted by atomic mass is 35.5. The minimum absolute atomic E-state index is 0.0149. The van der Waals surface area contributed by atoms with E-state index in [1.807, 2.05) is 0 Å². The van der Waals surface area contributed by atoms with Gasteiger partial charge in [0.1, 0.15) is 5.02 Å². The standard InChI is InChI=1S/C20H21ClF6N2O2/c1-5-29-16(14(21)15(28-29)17(30)31-6-2)12-8-7-11(9-13(12)19(22,23)24)10-18(3,4)20(25,26)27/h7-9H,5-6,10H2,1-4H3. The molecule has 0 radical (unpaired) electrons. The Morgan fingerprint density at radius 2 is 1.74 bits per heavy atom. The number of alkyl halides is 6. The number of benzene rings is 1. The van der Waals surface area contributed by atoms with Crippen molar-refractivity contribution < 1.29 is 35.9 Å². The molecule has 172 valence electrons. The molecule has 0 aliphatic heterocycles. The molecule has 0 unspecified atom stereocenters. The van der Waals surface area contributed by atoms with E-state index < -0.39 is 41.3 Å². The molecule has 2 rings (SSSR count). The van der Waals surface area contributed by atoms with Crippen LogP contribution in [0.25, 0.3) is 11.3 Å². The number of rotatable bonds is 6. The Kier molecular flexibility index (Phi) is 7.04. The zero-order valence-electron chi connectivity index (χ0n) is 17.2. The van der Waals surface area contributed by atoms with Crippen LogP contribution in [-0.2, 0) is 23.9 Å². The first-order valence-electron chi connectivity index (χ1n) is 9.34. The Morgan fingerprint density at radius 1 is 1.13 bits per heavy atom. The highest BCUT2D eigenvalue weighted by Crippen LogP contribution is 2.44. The lowest BCUT2D eigenvalue weighted by atomic mass is 9.84. The van der Waals surface area contributed by atoms with Gasteiger partial charge >= 0.3 is 18.3 Å². The number of nitrogens with zero attached hydrogens (tertiary/aromatic N) is 2. The van der Waals surface area contributed by atoms with Crippen molar-refractivity contribution in [3.05, 3.63) is 40.0 Å². The van der Waals surface area contributed by atoms with E-state index in [1.165, 1.54) is 6.07 Å². The third-order valence-corrected chi connectivity index (χ3v) is 5.08. The lowest BCUT2D eigenvalue weighted by Gasteiger charge is -2.28. The van der Waals surface area contributed by atoms with Crippen molar-refractivity contribution in [1.82, 2.24) is 9.78 Å². The van der Waals surface area contributed by atoms with E-state index in [2.05, 4.69) is 5.10 Å². The molecule has 1 heterocycles. The fraction of sp³-hybridized carbons (Fsp3) is 0.500. The van der Waals surface area contributed by atoms with Crippen LogP contribution in [0, 0.1) is 5.41 Å². The number of carbonyl (C=O) groups excluding carboxylic acids is 1. The number of aryl methyl sites for hydroxylation is 1. The molecule has 31 heavy (non-hydrogen) atoms. The van der Waals surface area contributed by atoms with Gasteiger partial charge in [0.2, 0.25) is 0 Å². The van der Waals surface area contributed by atoms with Crippen molar-refractivity contribution in [3.8, 4) is 11.3 Å². The molecule has 0 saturated carbocycles. The van der Waals surface area contributed by atoms with Crippen LogP contribution in [0.1, 0.15) is 49.3 Å². The van der Waals surface area contributed by atoms with E-state index in [0.29, 0.717) is 6.07 Å². The summed E-state index contributed by atoms with van der Waals surface area (Å²) in [5.41, 5.74) is -4.43. The summed E-state index contributed by atoms with van der Waals surface area (Å²) in [6.07, 6.45) is -10.1. The molecule has 1 aromatic carbocycles. The van der Waals surface area contributed by atoms with Crippen LogP contribution in [0.4, 0.5) is 26.3 Å². The molecule has 2 aromatic rings. The Bertz CT molecular complexity index is 964. The van der Waals surface area contributed by atoms with E-state index in [9.17, 15) is 31.1 Å². The lowest BCUT2D eigenvalue weighted by Crippen LogP contribution is -2.34. The number of halogens is 7. The molecule has 0 saturated heterocycles. The van der Waals surface area contributed by atoms with E-state index in [4.69, 9.17) is 16.3 Å². The summed E-state index contributed by atoms with van der Waals surface area (Å²) in [6.45, 7) is 5.09. The highest BCUT2D eigenvalue weighted by Gasteiger charge is 2.47. The number of ether oxygens (including phenoxy) is 1. The third kappa shape index (κ3) is 5.16. The second-order valence-electron chi connectivity index (χ2n) is 7.48. The Balaban J connectivity index is 2.67. The van der Waals surface area contributed by atoms with Crippen LogP contribution in [0.3, 0.4) is 0 Å². The second-order valence-corrected chi connectivity index (χ2v) is 7.86. The van der Waals surface area contributed by atoms with Crippen molar-refractivity contribution in [2.24, 2.45) is 5.41 Å². The molecule has 0 spiro atoms. The minimum atomic E-state index is -4.88. The van der Waals surface area contributed by atoms with Gasteiger partial charge in [0.05, 0.1) is 23.3 Å². The highest BCUT2D eigenvalue weighted by molar-refractivity contribution is 6.35. The van der Waals surface area contributed by atoms with Gasteiger partial charge in [-0.05, 0) is 31.9 Å².